The molecule has 0 aromatic rings. The van der Waals surface area contributed by atoms with E-state index in [0.717, 1.165) is 11.8 Å². The zero-order valence-electron chi connectivity index (χ0n) is 6.28. The molecule has 1 fully saturated rings. The van der Waals surface area contributed by atoms with E-state index in [1.165, 1.54) is 0 Å². The van der Waals surface area contributed by atoms with Crippen molar-refractivity contribution >= 4 is 21.8 Å². The monoisotopic (exact) mass is 205 g/mol. The second-order valence-corrected chi connectivity index (χ2v) is 4.06. The van der Waals surface area contributed by atoms with E-state index in [0.29, 0.717) is 6.04 Å². The maximum Gasteiger partial charge on any atom is 0.225 e. The van der Waals surface area contributed by atoms with E-state index in [4.69, 9.17) is 0 Å². The normalized spacial score (nSPS) is 30.3. The zero-order chi connectivity index (χ0) is 7.78. The molecule has 0 aromatic carbocycles. The van der Waals surface area contributed by atoms with E-state index >= 15 is 0 Å². The Morgan fingerprint density at radius 2 is 2.40 bits per heavy atom. The highest BCUT2D eigenvalue weighted by Gasteiger charge is 2.37. The molecule has 0 saturated carbocycles. The van der Waals surface area contributed by atoms with Crippen molar-refractivity contribution < 1.29 is 4.79 Å². The smallest absolute Gasteiger partial charge is 0.225 e. The number of carbonyl (C=O) groups is 1. The van der Waals surface area contributed by atoms with Gasteiger partial charge in [0.1, 0.15) is 0 Å². The highest BCUT2D eigenvalue weighted by atomic mass is 79.9. The summed E-state index contributed by atoms with van der Waals surface area (Å²) in [4.78, 5) is 11.1. The van der Waals surface area contributed by atoms with Crippen molar-refractivity contribution in [3.05, 3.63) is 0 Å². The molecule has 0 aliphatic carbocycles. The Hall–Kier alpha value is -0.0500. The lowest BCUT2D eigenvalue weighted by Crippen LogP contribution is -2.29. The van der Waals surface area contributed by atoms with Crippen LogP contribution in [0.1, 0.15) is 20.3 Å². The van der Waals surface area contributed by atoms with Crippen LogP contribution in [-0.4, -0.2) is 17.3 Å². The minimum absolute atomic E-state index is 0.154. The van der Waals surface area contributed by atoms with E-state index in [2.05, 4.69) is 21.2 Å². The van der Waals surface area contributed by atoms with Crippen LogP contribution >= 0.6 is 15.9 Å². The fourth-order valence-electron chi connectivity index (χ4n) is 1.23. The summed E-state index contributed by atoms with van der Waals surface area (Å²) in [5, 5.41) is 3.77. The SMILES string of the molecule is CC1(C)C[C@H](CBr)NC1=O. The predicted molar refractivity (Wildman–Crippen MR) is 44.1 cm³/mol. The van der Waals surface area contributed by atoms with Gasteiger partial charge < -0.3 is 5.32 Å². The first-order valence-corrected chi connectivity index (χ1v) is 4.55. The lowest BCUT2D eigenvalue weighted by Gasteiger charge is -2.11. The Morgan fingerprint density at radius 3 is 2.60 bits per heavy atom. The Labute approximate surface area is 69.5 Å². The summed E-state index contributed by atoms with van der Waals surface area (Å²) in [5.41, 5.74) is -0.154. The zero-order valence-corrected chi connectivity index (χ0v) is 7.86. The summed E-state index contributed by atoms with van der Waals surface area (Å²) < 4.78 is 0. The Morgan fingerprint density at radius 1 is 1.80 bits per heavy atom. The number of nitrogens with one attached hydrogen (secondary N) is 1. The Bertz CT molecular complexity index is 156. The number of hydrogen-bond acceptors (Lipinski definition) is 1. The first-order chi connectivity index (χ1) is 4.56. The molecule has 1 heterocycles. The van der Waals surface area contributed by atoms with Crippen LogP contribution in [0.4, 0.5) is 0 Å². The second kappa shape index (κ2) is 2.53. The fraction of sp³-hybridized carbons (Fsp3) is 0.857. The van der Waals surface area contributed by atoms with Crippen molar-refractivity contribution in [2.75, 3.05) is 5.33 Å². The topological polar surface area (TPSA) is 29.1 Å². The van der Waals surface area contributed by atoms with E-state index in [1.54, 1.807) is 0 Å². The molecular formula is C7H12BrNO. The second-order valence-electron chi connectivity index (χ2n) is 3.41. The molecule has 1 saturated heterocycles. The van der Waals surface area contributed by atoms with Crippen LogP contribution in [0.5, 0.6) is 0 Å². The van der Waals surface area contributed by atoms with Crippen molar-refractivity contribution in [1.82, 2.24) is 5.32 Å². The van der Waals surface area contributed by atoms with Crippen LogP contribution in [-0.2, 0) is 4.79 Å². The Balaban J connectivity index is 2.62. The molecule has 1 amide bonds. The molecule has 0 spiro atoms. The van der Waals surface area contributed by atoms with Gasteiger partial charge >= 0.3 is 0 Å². The minimum Gasteiger partial charge on any atom is -0.352 e. The van der Waals surface area contributed by atoms with E-state index in [1.807, 2.05) is 13.8 Å². The number of halogens is 1. The molecule has 0 bridgehead atoms. The van der Waals surface area contributed by atoms with Crippen molar-refractivity contribution in [3.8, 4) is 0 Å². The molecule has 2 nitrogen and oxygen atoms in total. The van der Waals surface area contributed by atoms with Gasteiger partial charge in [0.15, 0.2) is 0 Å². The largest absolute Gasteiger partial charge is 0.352 e. The maximum absolute atomic E-state index is 11.1. The van der Waals surface area contributed by atoms with Crippen LogP contribution in [0.3, 0.4) is 0 Å². The maximum atomic E-state index is 11.1. The summed E-state index contributed by atoms with van der Waals surface area (Å²) in [6.45, 7) is 3.95. The molecule has 1 atom stereocenters. The molecular weight excluding hydrogens is 194 g/mol. The van der Waals surface area contributed by atoms with Gasteiger partial charge in [-0.2, -0.15) is 0 Å². The highest BCUT2D eigenvalue weighted by molar-refractivity contribution is 9.09. The van der Waals surface area contributed by atoms with Crippen molar-refractivity contribution in [2.24, 2.45) is 5.41 Å². The van der Waals surface area contributed by atoms with Gasteiger partial charge in [-0.1, -0.05) is 29.8 Å². The van der Waals surface area contributed by atoms with Crippen LogP contribution in [0.2, 0.25) is 0 Å². The molecule has 10 heavy (non-hydrogen) atoms. The fourth-order valence-corrected chi connectivity index (χ4v) is 1.62. The van der Waals surface area contributed by atoms with Gasteiger partial charge in [-0.05, 0) is 6.42 Å². The van der Waals surface area contributed by atoms with Crippen molar-refractivity contribution in [2.45, 2.75) is 26.3 Å². The van der Waals surface area contributed by atoms with Crippen molar-refractivity contribution in [1.29, 1.82) is 0 Å². The number of rotatable bonds is 1. The standard InChI is InChI=1S/C7H12BrNO/c1-7(2)3-5(4-8)9-6(7)10/h5H,3-4H2,1-2H3,(H,9,10)/t5-/m1/s1. The van der Waals surface area contributed by atoms with Crippen molar-refractivity contribution in [3.63, 3.8) is 0 Å². The first-order valence-electron chi connectivity index (χ1n) is 3.43. The predicted octanol–water partition coefficient (Wildman–Crippen LogP) is 1.30. The minimum atomic E-state index is -0.154. The van der Waals surface area contributed by atoms with Crippen LogP contribution in [0, 0.1) is 5.41 Å². The summed E-state index contributed by atoms with van der Waals surface area (Å²) >= 11 is 3.34. The number of hydrogen-bond donors (Lipinski definition) is 1. The molecule has 1 rings (SSSR count). The summed E-state index contributed by atoms with van der Waals surface area (Å²) in [6, 6.07) is 0.336. The first kappa shape index (κ1) is 8.05. The van der Waals surface area contributed by atoms with Gasteiger partial charge in [0.05, 0.1) is 0 Å². The summed E-state index contributed by atoms with van der Waals surface area (Å²) in [5.74, 6) is 0.178. The van der Waals surface area contributed by atoms with E-state index in [-0.39, 0.29) is 11.3 Å². The van der Waals surface area contributed by atoms with Crippen LogP contribution < -0.4 is 5.32 Å². The molecule has 0 radical (unpaired) electrons. The van der Waals surface area contributed by atoms with E-state index in [9.17, 15) is 4.79 Å². The van der Waals surface area contributed by atoms with Gasteiger partial charge in [0.2, 0.25) is 5.91 Å². The molecule has 0 aromatic heterocycles. The lowest BCUT2D eigenvalue weighted by atomic mass is 9.90. The van der Waals surface area contributed by atoms with Gasteiger partial charge in [-0.15, -0.1) is 0 Å². The highest BCUT2D eigenvalue weighted by Crippen LogP contribution is 2.28. The molecule has 58 valence electrons. The quantitative estimate of drug-likeness (QED) is 0.643. The average Bonchev–Trinajstić information content (AvgIpc) is 2.08. The average molecular weight is 206 g/mol. The Kier molecular flexibility index (Phi) is 2.04. The molecule has 0 unspecified atom stereocenters. The molecule has 1 aliphatic heterocycles. The third-order valence-electron chi connectivity index (χ3n) is 1.89. The van der Waals surface area contributed by atoms with Gasteiger partial charge in [-0.3, -0.25) is 4.79 Å². The van der Waals surface area contributed by atoms with Gasteiger partial charge in [-0.25, -0.2) is 0 Å². The number of alkyl halides is 1. The molecule has 3 heteroatoms. The summed E-state index contributed by atoms with van der Waals surface area (Å²) in [7, 11) is 0. The van der Waals surface area contributed by atoms with Crippen LogP contribution in [0.15, 0.2) is 0 Å². The molecule has 1 aliphatic rings. The van der Waals surface area contributed by atoms with Gasteiger partial charge in [0, 0.05) is 16.8 Å². The summed E-state index contributed by atoms with van der Waals surface area (Å²) in [6.07, 6.45) is 0.942. The number of carbonyl (C=O) groups excluding carboxylic acids is 1. The lowest BCUT2D eigenvalue weighted by molar-refractivity contribution is -0.126. The molecule has 1 N–H and O–H groups in total. The van der Waals surface area contributed by atoms with Crippen LogP contribution in [0.25, 0.3) is 0 Å². The third kappa shape index (κ3) is 1.34. The van der Waals surface area contributed by atoms with E-state index < -0.39 is 0 Å². The van der Waals surface area contributed by atoms with Gasteiger partial charge in [0.25, 0.3) is 0 Å². The number of amides is 1. The third-order valence-corrected chi connectivity index (χ3v) is 2.67.